The maximum Gasteiger partial charge on any atom is 0.161 e. The van der Waals surface area contributed by atoms with Crippen LogP contribution < -0.4 is 14.8 Å². The molecule has 6 heteroatoms. The van der Waals surface area contributed by atoms with E-state index in [0.29, 0.717) is 10.0 Å². The molecule has 0 aliphatic rings. The van der Waals surface area contributed by atoms with E-state index in [2.05, 4.69) is 5.32 Å². The van der Waals surface area contributed by atoms with Crippen molar-refractivity contribution in [2.24, 2.45) is 0 Å². The third kappa shape index (κ3) is 5.78. The Kier molecular flexibility index (Phi) is 8.56. The predicted octanol–water partition coefficient (Wildman–Crippen LogP) is 4.76. The third-order valence-electron chi connectivity index (χ3n) is 3.36. The lowest BCUT2D eigenvalue weighted by Crippen LogP contribution is -2.16. The van der Waals surface area contributed by atoms with Crippen LogP contribution in [0.15, 0.2) is 36.4 Å². The minimum atomic E-state index is 0. The number of hydrogen-bond acceptors (Lipinski definition) is 3. The van der Waals surface area contributed by atoms with Crippen molar-refractivity contribution in [3.63, 3.8) is 0 Å². The second kappa shape index (κ2) is 9.89. The van der Waals surface area contributed by atoms with E-state index in [1.165, 1.54) is 0 Å². The molecular weight excluding hydrogens is 357 g/mol. The minimum Gasteiger partial charge on any atom is -0.493 e. The molecule has 2 aromatic rings. The van der Waals surface area contributed by atoms with Gasteiger partial charge in [-0.25, -0.2) is 0 Å². The fourth-order valence-corrected chi connectivity index (χ4v) is 2.67. The lowest BCUT2D eigenvalue weighted by Gasteiger charge is -2.10. The molecule has 3 nitrogen and oxygen atoms in total. The van der Waals surface area contributed by atoms with Crippen LogP contribution in [0.5, 0.6) is 11.5 Å². The first-order valence-electron chi connectivity index (χ1n) is 6.99. The molecular formula is C17H20Cl3NO2. The van der Waals surface area contributed by atoms with Gasteiger partial charge in [0.05, 0.1) is 14.2 Å². The normalized spacial score (nSPS) is 10.1. The van der Waals surface area contributed by atoms with Crippen molar-refractivity contribution in [3.8, 4) is 11.5 Å². The van der Waals surface area contributed by atoms with Crippen LogP contribution >= 0.6 is 35.6 Å². The molecule has 0 fully saturated rings. The van der Waals surface area contributed by atoms with Crippen molar-refractivity contribution >= 4 is 35.6 Å². The lowest BCUT2D eigenvalue weighted by atomic mass is 10.1. The zero-order valence-electron chi connectivity index (χ0n) is 13.1. The van der Waals surface area contributed by atoms with Crippen molar-refractivity contribution in [2.45, 2.75) is 13.0 Å². The molecule has 0 atom stereocenters. The monoisotopic (exact) mass is 375 g/mol. The molecule has 0 aliphatic carbocycles. The summed E-state index contributed by atoms with van der Waals surface area (Å²) in [5.74, 6) is 1.47. The van der Waals surface area contributed by atoms with Crippen molar-refractivity contribution in [3.05, 3.63) is 57.6 Å². The van der Waals surface area contributed by atoms with Crippen molar-refractivity contribution in [2.75, 3.05) is 20.8 Å². The van der Waals surface area contributed by atoms with Gasteiger partial charge >= 0.3 is 0 Å². The second-order valence-corrected chi connectivity index (χ2v) is 5.70. The molecule has 0 spiro atoms. The predicted molar refractivity (Wildman–Crippen MR) is 98.7 cm³/mol. The average Bonchev–Trinajstić information content (AvgIpc) is 2.53. The molecule has 0 unspecified atom stereocenters. The van der Waals surface area contributed by atoms with Gasteiger partial charge in [0.15, 0.2) is 11.5 Å². The third-order valence-corrected chi connectivity index (χ3v) is 3.95. The van der Waals surface area contributed by atoms with Crippen LogP contribution in [-0.2, 0) is 13.0 Å². The quantitative estimate of drug-likeness (QED) is 0.706. The van der Waals surface area contributed by atoms with Crippen LogP contribution in [0.3, 0.4) is 0 Å². The van der Waals surface area contributed by atoms with Gasteiger partial charge in [-0.2, -0.15) is 0 Å². The molecule has 0 aliphatic heterocycles. The average molecular weight is 377 g/mol. The van der Waals surface area contributed by atoms with Gasteiger partial charge in [-0.3, -0.25) is 0 Å². The number of methoxy groups -OCH3 is 2. The van der Waals surface area contributed by atoms with Gasteiger partial charge in [0.25, 0.3) is 0 Å². The van der Waals surface area contributed by atoms with Crippen LogP contribution in [0, 0.1) is 0 Å². The molecule has 23 heavy (non-hydrogen) atoms. The Morgan fingerprint density at radius 2 is 1.70 bits per heavy atom. The molecule has 0 bridgehead atoms. The van der Waals surface area contributed by atoms with Gasteiger partial charge in [0.1, 0.15) is 0 Å². The van der Waals surface area contributed by atoms with E-state index in [0.717, 1.165) is 42.1 Å². The fourth-order valence-electron chi connectivity index (χ4n) is 2.17. The van der Waals surface area contributed by atoms with Gasteiger partial charge in [-0.05, 0) is 48.4 Å². The summed E-state index contributed by atoms with van der Waals surface area (Å²) in [7, 11) is 3.27. The van der Waals surface area contributed by atoms with Crippen LogP contribution in [0.1, 0.15) is 11.1 Å². The maximum atomic E-state index is 6.16. The Balaban J connectivity index is 0.00000264. The molecule has 126 valence electrons. The molecule has 0 saturated heterocycles. The Labute approximate surface area is 153 Å². The van der Waals surface area contributed by atoms with Crippen molar-refractivity contribution in [1.29, 1.82) is 0 Å². The molecule has 0 amide bonds. The first kappa shape index (κ1) is 19.9. The molecule has 0 aromatic heterocycles. The summed E-state index contributed by atoms with van der Waals surface area (Å²) in [6, 6.07) is 11.5. The van der Waals surface area contributed by atoms with E-state index >= 15 is 0 Å². The van der Waals surface area contributed by atoms with Crippen molar-refractivity contribution < 1.29 is 9.47 Å². The van der Waals surface area contributed by atoms with E-state index in [1.54, 1.807) is 20.3 Å². The Morgan fingerprint density at radius 1 is 0.957 bits per heavy atom. The number of rotatable bonds is 7. The van der Waals surface area contributed by atoms with Crippen molar-refractivity contribution in [1.82, 2.24) is 5.32 Å². The molecule has 2 rings (SSSR count). The maximum absolute atomic E-state index is 6.16. The van der Waals surface area contributed by atoms with Gasteiger partial charge < -0.3 is 14.8 Å². The number of benzene rings is 2. The number of ether oxygens (including phenoxy) is 2. The SMILES string of the molecule is COc1ccc(CNCCc2ccc(Cl)cc2Cl)cc1OC.Cl. The van der Waals surface area contributed by atoms with E-state index in [9.17, 15) is 0 Å². The summed E-state index contributed by atoms with van der Waals surface area (Å²) in [5.41, 5.74) is 2.23. The smallest absolute Gasteiger partial charge is 0.161 e. The first-order chi connectivity index (χ1) is 10.6. The summed E-state index contributed by atoms with van der Waals surface area (Å²) in [4.78, 5) is 0. The van der Waals surface area contributed by atoms with Crippen LogP contribution in [-0.4, -0.2) is 20.8 Å². The fraction of sp³-hybridized carbons (Fsp3) is 0.294. The number of nitrogens with one attached hydrogen (secondary N) is 1. The summed E-state index contributed by atoms with van der Waals surface area (Å²) >= 11 is 12.0. The Hall–Kier alpha value is -1.13. The Bertz CT molecular complexity index is 635. The van der Waals surface area contributed by atoms with Crippen LogP contribution in [0.25, 0.3) is 0 Å². The summed E-state index contributed by atoms with van der Waals surface area (Å²) in [6.45, 7) is 1.58. The zero-order chi connectivity index (χ0) is 15.9. The highest BCUT2D eigenvalue weighted by atomic mass is 35.5. The molecule has 0 heterocycles. The standard InChI is InChI=1S/C17H19Cl2NO2.ClH/c1-21-16-6-3-12(9-17(16)22-2)11-20-8-7-13-4-5-14(18)10-15(13)19;/h3-6,9-10,20H,7-8,11H2,1-2H3;1H. The Morgan fingerprint density at radius 3 is 2.35 bits per heavy atom. The van der Waals surface area contributed by atoms with E-state index in [1.807, 2.05) is 30.3 Å². The van der Waals surface area contributed by atoms with Gasteiger partial charge in [-0.15, -0.1) is 12.4 Å². The highest BCUT2D eigenvalue weighted by Crippen LogP contribution is 2.27. The lowest BCUT2D eigenvalue weighted by molar-refractivity contribution is 0.354. The summed E-state index contributed by atoms with van der Waals surface area (Å²) < 4.78 is 10.5. The van der Waals surface area contributed by atoms with E-state index < -0.39 is 0 Å². The van der Waals surface area contributed by atoms with Crippen LogP contribution in [0.4, 0.5) is 0 Å². The van der Waals surface area contributed by atoms with E-state index in [4.69, 9.17) is 32.7 Å². The summed E-state index contributed by atoms with van der Waals surface area (Å²) in [6.07, 6.45) is 0.850. The minimum absolute atomic E-state index is 0. The van der Waals surface area contributed by atoms with Gasteiger partial charge in [0.2, 0.25) is 0 Å². The number of halogens is 3. The topological polar surface area (TPSA) is 30.5 Å². The second-order valence-electron chi connectivity index (χ2n) is 4.85. The first-order valence-corrected chi connectivity index (χ1v) is 7.75. The molecule has 1 N–H and O–H groups in total. The highest BCUT2D eigenvalue weighted by molar-refractivity contribution is 6.35. The van der Waals surface area contributed by atoms with Crippen LogP contribution in [0.2, 0.25) is 10.0 Å². The summed E-state index contributed by atoms with van der Waals surface area (Å²) in [5, 5.41) is 4.76. The zero-order valence-corrected chi connectivity index (χ0v) is 15.4. The van der Waals surface area contributed by atoms with Gasteiger partial charge in [-0.1, -0.05) is 35.3 Å². The molecule has 0 radical (unpaired) electrons. The van der Waals surface area contributed by atoms with Gasteiger partial charge in [0, 0.05) is 16.6 Å². The number of hydrogen-bond donors (Lipinski definition) is 1. The molecule has 0 saturated carbocycles. The largest absolute Gasteiger partial charge is 0.493 e. The highest BCUT2D eigenvalue weighted by Gasteiger charge is 2.05. The molecule has 2 aromatic carbocycles. The van der Waals surface area contributed by atoms with E-state index in [-0.39, 0.29) is 12.4 Å².